The molecule has 0 aromatic heterocycles. The summed E-state index contributed by atoms with van der Waals surface area (Å²) in [5.41, 5.74) is 1.12. The summed E-state index contributed by atoms with van der Waals surface area (Å²) in [6.45, 7) is 1.57. The molecule has 94 valence electrons. The molecule has 0 radical (unpaired) electrons. The summed E-state index contributed by atoms with van der Waals surface area (Å²) in [6, 6.07) is 8.92. The van der Waals surface area contributed by atoms with Gasteiger partial charge in [-0.05, 0) is 37.0 Å². The lowest BCUT2D eigenvalue weighted by atomic mass is 10.1. The second-order valence-electron chi connectivity index (χ2n) is 4.58. The Morgan fingerprint density at radius 3 is 3.11 bits per heavy atom. The normalized spacial score (nSPS) is 18.7. The topological polar surface area (TPSA) is 44.1 Å². The summed E-state index contributed by atoms with van der Waals surface area (Å²) in [4.78, 5) is 14.1. The van der Waals surface area contributed by atoms with Gasteiger partial charge in [-0.1, -0.05) is 6.07 Å². The molecule has 1 heterocycles. The molecule has 0 N–H and O–H groups in total. The first-order valence-electron chi connectivity index (χ1n) is 6.10. The van der Waals surface area contributed by atoms with Crippen molar-refractivity contribution in [1.82, 2.24) is 4.90 Å². The highest BCUT2D eigenvalue weighted by atomic mass is 35.5. The van der Waals surface area contributed by atoms with Gasteiger partial charge in [0.1, 0.15) is 0 Å². The molecule has 0 bridgehead atoms. The summed E-state index contributed by atoms with van der Waals surface area (Å²) in [7, 11) is 0. The fourth-order valence-corrected chi connectivity index (χ4v) is 2.62. The van der Waals surface area contributed by atoms with Crippen LogP contribution < -0.4 is 0 Å². The van der Waals surface area contributed by atoms with Gasteiger partial charge in [0.2, 0.25) is 0 Å². The van der Waals surface area contributed by atoms with Gasteiger partial charge >= 0.3 is 0 Å². The van der Waals surface area contributed by atoms with Gasteiger partial charge in [-0.15, -0.1) is 11.6 Å². The number of rotatable bonds is 3. The van der Waals surface area contributed by atoms with E-state index in [4.69, 9.17) is 16.9 Å². The van der Waals surface area contributed by atoms with Crippen LogP contribution in [0.3, 0.4) is 0 Å². The predicted molar refractivity (Wildman–Crippen MR) is 70.5 cm³/mol. The van der Waals surface area contributed by atoms with E-state index in [0.717, 1.165) is 25.9 Å². The fourth-order valence-electron chi connectivity index (χ4n) is 2.31. The summed E-state index contributed by atoms with van der Waals surface area (Å²) >= 11 is 5.73. The molecule has 3 nitrogen and oxygen atoms in total. The van der Waals surface area contributed by atoms with Crippen molar-refractivity contribution >= 4 is 17.5 Å². The van der Waals surface area contributed by atoms with Crippen LogP contribution in [0.5, 0.6) is 0 Å². The predicted octanol–water partition coefficient (Wildman–Crippen LogP) is 2.65. The van der Waals surface area contributed by atoms with E-state index in [9.17, 15) is 4.79 Å². The number of carbonyl (C=O) groups is 1. The third-order valence-electron chi connectivity index (χ3n) is 3.33. The second kappa shape index (κ2) is 5.88. The van der Waals surface area contributed by atoms with Gasteiger partial charge in [0, 0.05) is 24.5 Å². The quantitative estimate of drug-likeness (QED) is 0.786. The van der Waals surface area contributed by atoms with Gasteiger partial charge in [0.15, 0.2) is 0 Å². The van der Waals surface area contributed by atoms with E-state index in [1.165, 1.54) is 0 Å². The number of amides is 1. The van der Waals surface area contributed by atoms with Crippen LogP contribution in [0.15, 0.2) is 24.3 Å². The molecule has 1 aromatic rings. The van der Waals surface area contributed by atoms with E-state index in [1.54, 1.807) is 24.3 Å². The number of carbonyl (C=O) groups excluding carboxylic acids is 1. The van der Waals surface area contributed by atoms with E-state index in [-0.39, 0.29) is 5.91 Å². The number of nitrogens with zero attached hydrogens (tertiary/aromatic N) is 2. The average molecular weight is 263 g/mol. The van der Waals surface area contributed by atoms with Crippen LogP contribution in [-0.4, -0.2) is 29.8 Å². The first-order chi connectivity index (χ1) is 8.74. The minimum absolute atomic E-state index is 0.0178. The van der Waals surface area contributed by atoms with Crippen LogP contribution in [0, 0.1) is 17.2 Å². The molecule has 1 aliphatic heterocycles. The lowest BCUT2D eigenvalue weighted by Crippen LogP contribution is -2.28. The van der Waals surface area contributed by atoms with Crippen molar-refractivity contribution in [3.05, 3.63) is 35.4 Å². The number of nitriles is 1. The molecule has 0 spiro atoms. The molecule has 18 heavy (non-hydrogen) atoms. The van der Waals surface area contributed by atoms with Crippen LogP contribution in [0.1, 0.15) is 28.8 Å². The molecular formula is C14H15ClN2O. The fraction of sp³-hybridized carbons (Fsp3) is 0.429. The molecule has 0 saturated carbocycles. The number of halogens is 1. The second-order valence-corrected chi connectivity index (χ2v) is 4.95. The van der Waals surface area contributed by atoms with Crippen molar-refractivity contribution in [3.8, 4) is 6.07 Å². The van der Waals surface area contributed by atoms with Gasteiger partial charge < -0.3 is 4.90 Å². The Hall–Kier alpha value is -1.53. The average Bonchev–Trinajstić information content (AvgIpc) is 2.87. The van der Waals surface area contributed by atoms with Crippen LogP contribution in [-0.2, 0) is 0 Å². The van der Waals surface area contributed by atoms with E-state index >= 15 is 0 Å². The van der Waals surface area contributed by atoms with Crippen LogP contribution >= 0.6 is 11.6 Å². The first-order valence-corrected chi connectivity index (χ1v) is 6.63. The molecule has 1 atom stereocenters. The van der Waals surface area contributed by atoms with Crippen LogP contribution in [0.2, 0.25) is 0 Å². The third kappa shape index (κ3) is 2.83. The van der Waals surface area contributed by atoms with E-state index < -0.39 is 0 Å². The minimum atomic E-state index is 0.0178. The number of alkyl halides is 1. The van der Waals surface area contributed by atoms with Crippen molar-refractivity contribution in [1.29, 1.82) is 5.26 Å². The maximum Gasteiger partial charge on any atom is 0.253 e. The monoisotopic (exact) mass is 262 g/mol. The molecule has 1 aromatic carbocycles. The van der Waals surface area contributed by atoms with E-state index in [2.05, 4.69) is 6.07 Å². The van der Waals surface area contributed by atoms with Crippen molar-refractivity contribution in [3.63, 3.8) is 0 Å². The number of hydrogen-bond acceptors (Lipinski definition) is 2. The van der Waals surface area contributed by atoms with Gasteiger partial charge in [-0.3, -0.25) is 4.79 Å². The Morgan fingerprint density at radius 2 is 2.39 bits per heavy atom. The SMILES string of the molecule is N#Cc1cccc(C(=O)N2CCC(CCCl)C2)c1. The zero-order chi connectivity index (χ0) is 13.0. The Morgan fingerprint density at radius 1 is 1.56 bits per heavy atom. The molecule has 1 fully saturated rings. The van der Waals surface area contributed by atoms with Crippen molar-refractivity contribution in [2.75, 3.05) is 19.0 Å². The Labute approximate surface area is 112 Å². The lowest BCUT2D eigenvalue weighted by molar-refractivity contribution is 0.0787. The number of likely N-dealkylation sites (tertiary alicyclic amines) is 1. The molecule has 2 rings (SSSR count). The molecule has 1 saturated heterocycles. The van der Waals surface area contributed by atoms with E-state index in [0.29, 0.717) is 22.9 Å². The maximum absolute atomic E-state index is 12.2. The zero-order valence-corrected chi connectivity index (χ0v) is 10.9. The summed E-state index contributed by atoms with van der Waals surface area (Å²) in [5.74, 6) is 1.19. The van der Waals surface area contributed by atoms with Crippen molar-refractivity contribution in [2.45, 2.75) is 12.8 Å². The Kier molecular flexibility index (Phi) is 4.22. The van der Waals surface area contributed by atoms with Crippen molar-refractivity contribution < 1.29 is 4.79 Å². The highest BCUT2D eigenvalue weighted by Gasteiger charge is 2.26. The smallest absolute Gasteiger partial charge is 0.253 e. The van der Waals surface area contributed by atoms with Gasteiger partial charge in [-0.25, -0.2) is 0 Å². The summed E-state index contributed by atoms with van der Waals surface area (Å²) < 4.78 is 0. The lowest BCUT2D eigenvalue weighted by Gasteiger charge is -2.16. The standard InChI is InChI=1S/C14H15ClN2O/c15-6-4-11-5-7-17(10-11)14(18)13-3-1-2-12(8-13)9-16/h1-3,8,11H,4-7,10H2. The Balaban J connectivity index is 2.06. The number of benzene rings is 1. The first kappa shape index (κ1) is 12.9. The number of hydrogen-bond donors (Lipinski definition) is 0. The highest BCUT2D eigenvalue weighted by molar-refractivity contribution is 6.17. The third-order valence-corrected chi connectivity index (χ3v) is 3.55. The van der Waals surface area contributed by atoms with Gasteiger partial charge in [0.25, 0.3) is 5.91 Å². The largest absolute Gasteiger partial charge is 0.338 e. The zero-order valence-electron chi connectivity index (χ0n) is 10.1. The molecule has 1 unspecified atom stereocenters. The Bertz CT molecular complexity index is 481. The molecule has 1 aliphatic rings. The minimum Gasteiger partial charge on any atom is -0.338 e. The van der Waals surface area contributed by atoms with Crippen molar-refractivity contribution in [2.24, 2.45) is 5.92 Å². The molecular weight excluding hydrogens is 248 g/mol. The molecule has 0 aliphatic carbocycles. The summed E-state index contributed by atoms with van der Waals surface area (Å²) in [6.07, 6.45) is 1.99. The van der Waals surface area contributed by atoms with Crippen LogP contribution in [0.25, 0.3) is 0 Å². The van der Waals surface area contributed by atoms with E-state index in [1.807, 2.05) is 4.90 Å². The summed E-state index contributed by atoms with van der Waals surface area (Å²) in [5, 5.41) is 8.83. The van der Waals surface area contributed by atoms with Crippen LogP contribution in [0.4, 0.5) is 0 Å². The highest BCUT2D eigenvalue weighted by Crippen LogP contribution is 2.22. The van der Waals surface area contributed by atoms with Gasteiger partial charge in [0.05, 0.1) is 11.6 Å². The maximum atomic E-state index is 12.2. The van der Waals surface area contributed by atoms with Gasteiger partial charge in [-0.2, -0.15) is 5.26 Å². The molecule has 1 amide bonds. The molecule has 4 heteroatoms.